The van der Waals surface area contributed by atoms with Gasteiger partial charge in [-0.2, -0.15) is 0 Å². The van der Waals surface area contributed by atoms with Crippen molar-refractivity contribution < 1.29 is 23.4 Å². The SMILES string of the molecule is COC(=O)Cc1cc(C(F)F)nc(I)c1O. The third-order valence-corrected chi connectivity index (χ3v) is 2.59. The number of halogens is 3. The van der Waals surface area contributed by atoms with Crippen LogP contribution in [0.5, 0.6) is 5.75 Å². The van der Waals surface area contributed by atoms with E-state index in [1.54, 1.807) is 22.6 Å². The zero-order valence-electron chi connectivity index (χ0n) is 8.21. The minimum atomic E-state index is -2.74. The molecular formula is C9H8F2INO3. The van der Waals surface area contributed by atoms with Crippen LogP contribution in [0.25, 0.3) is 0 Å². The van der Waals surface area contributed by atoms with Crippen molar-refractivity contribution in [1.82, 2.24) is 4.98 Å². The third-order valence-electron chi connectivity index (χ3n) is 1.83. The van der Waals surface area contributed by atoms with Gasteiger partial charge in [0.25, 0.3) is 6.43 Å². The molecule has 7 heteroatoms. The summed E-state index contributed by atoms with van der Waals surface area (Å²) >= 11 is 1.62. The maximum absolute atomic E-state index is 12.4. The number of pyridine rings is 1. The van der Waals surface area contributed by atoms with Gasteiger partial charge in [-0.05, 0) is 28.7 Å². The number of nitrogens with zero attached hydrogens (tertiary/aromatic N) is 1. The minimum absolute atomic E-state index is 0.0364. The highest BCUT2D eigenvalue weighted by Gasteiger charge is 2.17. The Bertz CT molecular complexity index is 412. The molecule has 0 fully saturated rings. The van der Waals surface area contributed by atoms with Gasteiger partial charge in [0, 0.05) is 5.56 Å². The van der Waals surface area contributed by atoms with E-state index in [4.69, 9.17) is 0 Å². The molecule has 0 bridgehead atoms. The number of alkyl halides is 2. The first-order valence-corrected chi connectivity index (χ1v) is 5.26. The summed E-state index contributed by atoms with van der Waals surface area (Å²) in [4.78, 5) is 14.5. The highest BCUT2D eigenvalue weighted by molar-refractivity contribution is 14.1. The Morgan fingerprint density at radius 2 is 2.31 bits per heavy atom. The highest BCUT2D eigenvalue weighted by Crippen LogP contribution is 2.28. The van der Waals surface area contributed by atoms with Gasteiger partial charge in [0.2, 0.25) is 0 Å². The number of carbonyl (C=O) groups excluding carboxylic acids is 1. The molecule has 0 radical (unpaired) electrons. The van der Waals surface area contributed by atoms with E-state index < -0.39 is 18.1 Å². The fourth-order valence-corrected chi connectivity index (χ4v) is 1.68. The van der Waals surface area contributed by atoms with Crippen molar-refractivity contribution in [2.24, 2.45) is 0 Å². The average Bonchev–Trinajstić information content (AvgIpc) is 2.23. The molecule has 0 unspecified atom stereocenters. The monoisotopic (exact) mass is 343 g/mol. The van der Waals surface area contributed by atoms with Crippen molar-refractivity contribution in [3.8, 4) is 5.75 Å². The van der Waals surface area contributed by atoms with Crippen LogP contribution < -0.4 is 0 Å². The first-order valence-electron chi connectivity index (χ1n) is 4.19. The number of hydrogen-bond acceptors (Lipinski definition) is 4. The van der Waals surface area contributed by atoms with Crippen LogP contribution >= 0.6 is 22.6 Å². The van der Waals surface area contributed by atoms with E-state index in [-0.39, 0.29) is 21.4 Å². The molecule has 0 spiro atoms. The van der Waals surface area contributed by atoms with Gasteiger partial charge < -0.3 is 9.84 Å². The number of carbonyl (C=O) groups is 1. The standard InChI is InChI=1S/C9H8F2INO3/c1-16-6(14)3-4-2-5(8(10)11)13-9(12)7(4)15/h2,8,15H,3H2,1H3. The van der Waals surface area contributed by atoms with Crippen molar-refractivity contribution in [1.29, 1.82) is 0 Å². The molecule has 1 aromatic rings. The molecule has 1 heterocycles. The molecule has 0 saturated heterocycles. The van der Waals surface area contributed by atoms with Crippen LogP contribution in [0.2, 0.25) is 0 Å². The smallest absolute Gasteiger partial charge is 0.310 e. The van der Waals surface area contributed by atoms with Crippen molar-refractivity contribution >= 4 is 28.6 Å². The van der Waals surface area contributed by atoms with E-state index in [9.17, 15) is 18.7 Å². The average molecular weight is 343 g/mol. The lowest BCUT2D eigenvalue weighted by atomic mass is 10.1. The van der Waals surface area contributed by atoms with Crippen LogP contribution in [0.15, 0.2) is 6.07 Å². The maximum Gasteiger partial charge on any atom is 0.310 e. The largest absolute Gasteiger partial charge is 0.505 e. The Morgan fingerprint density at radius 1 is 1.69 bits per heavy atom. The number of aromatic hydroxyl groups is 1. The Balaban J connectivity index is 3.11. The normalized spacial score (nSPS) is 10.6. The van der Waals surface area contributed by atoms with Gasteiger partial charge in [-0.1, -0.05) is 0 Å². The Kier molecular flexibility index (Phi) is 4.39. The zero-order chi connectivity index (χ0) is 12.3. The quantitative estimate of drug-likeness (QED) is 0.519. The number of esters is 1. The lowest BCUT2D eigenvalue weighted by Crippen LogP contribution is -2.07. The summed E-state index contributed by atoms with van der Waals surface area (Å²) in [6.45, 7) is 0. The molecule has 1 aromatic heterocycles. The van der Waals surface area contributed by atoms with Gasteiger partial charge in [0.05, 0.1) is 13.5 Å². The van der Waals surface area contributed by atoms with Gasteiger partial charge in [-0.25, -0.2) is 13.8 Å². The van der Waals surface area contributed by atoms with E-state index in [1.165, 1.54) is 7.11 Å². The fraction of sp³-hybridized carbons (Fsp3) is 0.333. The fourth-order valence-electron chi connectivity index (χ4n) is 1.05. The molecule has 0 atom stereocenters. The van der Waals surface area contributed by atoms with Crippen LogP contribution in [0.1, 0.15) is 17.7 Å². The zero-order valence-corrected chi connectivity index (χ0v) is 10.4. The predicted octanol–water partition coefficient (Wildman–Crippen LogP) is 2.04. The second kappa shape index (κ2) is 5.37. The molecule has 0 aliphatic rings. The second-order valence-corrected chi connectivity index (χ2v) is 3.92. The molecule has 0 aliphatic carbocycles. The Morgan fingerprint density at radius 3 is 2.81 bits per heavy atom. The van der Waals surface area contributed by atoms with Crippen molar-refractivity contribution in [3.63, 3.8) is 0 Å². The lowest BCUT2D eigenvalue weighted by Gasteiger charge is -2.07. The Labute approximate surface area is 104 Å². The second-order valence-electron chi connectivity index (χ2n) is 2.90. The molecule has 0 saturated carbocycles. The van der Waals surface area contributed by atoms with Crippen LogP contribution in [0.3, 0.4) is 0 Å². The summed E-state index contributed by atoms with van der Waals surface area (Å²) in [6.07, 6.45) is -3.01. The van der Waals surface area contributed by atoms with Crippen molar-refractivity contribution in [2.75, 3.05) is 7.11 Å². The molecule has 1 rings (SSSR count). The minimum Gasteiger partial charge on any atom is -0.505 e. The van der Waals surface area contributed by atoms with Crippen molar-refractivity contribution in [2.45, 2.75) is 12.8 Å². The van der Waals surface area contributed by atoms with Crippen LogP contribution in [-0.4, -0.2) is 23.2 Å². The number of hydrogen-bond donors (Lipinski definition) is 1. The molecule has 4 nitrogen and oxygen atoms in total. The first-order chi connectivity index (χ1) is 7.45. The van der Waals surface area contributed by atoms with E-state index >= 15 is 0 Å². The van der Waals surface area contributed by atoms with E-state index in [0.29, 0.717) is 0 Å². The van der Waals surface area contributed by atoms with Crippen molar-refractivity contribution in [3.05, 3.63) is 21.0 Å². The third kappa shape index (κ3) is 3.00. The molecule has 88 valence electrons. The van der Waals surface area contributed by atoms with Gasteiger partial charge >= 0.3 is 5.97 Å². The van der Waals surface area contributed by atoms with Gasteiger partial charge in [-0.3, -0.25) is 4.79 Å². The summed E-state index contributed by atoms with van der Waals surface area (Å²) in [5.41, 5.74) is -0.386. The number of rotatable bonds is 3. The van der Waals surface area contributed by atoms with Crippen LogP contribution in [0, 0.1) is 3.70 Å². The summed E-state index contributed by atoms with van der Waals surface area (Å²) < 4.78 is 29.3. The maximum atomic E-state index is 12.4. The van der Waals surface area contributed by atoms with Gasteiger partial charge in [0.1, 0.15) is 9.39 Å². The van der Waals surface area contributed by atoms with E-state index in [1.807, 2.05) is 0 Å². The van der Waals surface area contributed by atoms with Crippen LogP contribution in [0.4, 0.5) is 8.78 Å². The molecule has 0 amide bonds. The molecule has 16 heavy (non-hydrogen) atoms. The summed E-state index contributed by atoms with van der Waals surface area (Å²) in [5, 5.41) is 9.53. The Hall–Kier alpha value is -0.990. The van der Waals surface area contributed by atoms with Gasteiger partial charge in [0.15, 0.2) is 5.75 Å². The number of ether oxygens (including phenoxy) is 1. The number of aromatic nitrogens is 1. The molecule has 0 aliphatic heterocycles. The highest BCUT2D eigenvalue weighted by atomic mass is 127. The van der Waals surface area contributed by atoms with E-state index in [2.05, 4.69) is 9.72 Å². The topological polar surface area (TPSA) is 59.4 Å². The molecule has 0 aromatic carbocycles. The predicted molar refractivity (Wildman–Crippen MR) is 59.3 cm³/mol. The summed E-state index contributed by atoms with van der Waals surface area (Å²) in [7, 11) is 1.18. The molecular weight excluding hydrogens is 335 g/mol. The van der Waals surface area contributed by atoms with Gasteiger partial charge in [-0.15, -0.1) is 0 Å². The van der Waals surface area contributed by atoms with Crippen LogP contribution in [-0.2, 0) is 16.0 Å². The summed E-state index contributed by atoms with van der Waals surface area (Å²) in [6, 6.07) is 0.999. The first kappa shape index (κ1) is 13.1. The van der Waals surface area contributed by atoms with E-state index in [0.717, 1.165) is 6.07 Å². The lowest BCUT2D eigenvalue weighted by molar-refractivity contribution is -0.139. The molecule has 1 N–H and O–H groups in total. The summed E-state index contributed by atoms with van der Waals surface area (Å²) in [5.74, 6) is -0.882. The number of methoxy groups -OCH3 is 1.